The lowest BCUT2D eigenvalue weighted by Crippen LogP contribution is -2.33. The van der Waals surface area contributed by atoms with Gasteiger partial charge in [-0.1, -0.05) is 30.3 Å². The highest BCUT2D eigenvalue weighted by Crippen LogP contribution is 2.26. The highest BCUT2D eigenvalue weighted by atomic mass is 16.5. The van der Waals surface area contributed by atoms with Crippen LogP contribution in [-0.2, 0) is 9.47 Å². The van der Waals surface area contributed by atoms with Crippen LogP contribution in [0.25, 0.3) is 0 Å². The van der Waals surface area contributed by atoms with Gasteiger partial charge in [0, 0.05) is 39.9 Å². The molecule has 0 aliphatic carbocycles. The van der Waals surface area contributed by atoms with Crippen LogP contribution in [0, 0.1) is 0 Å². The van der Waals surface area contributed by atoms with Crippen molar-refractivity contribution in [2.45, 2.75) is 18.2 Å². The molecule has 2 rings (SSSR count). The van der Waals surface area contributed by atoms with Gasteiger partial charge in [0.15, 0.2) is 0 Å². The Morgan fingerprint density at radius 3 is 2.17 bits per heavy atom. The average molecular weight is 250 g/mol. The van der Waals surface area contributed by atoms with Gasteiger partial charge in [0.1, 0.15) is 0 Å². The van der Waals surface area contributed by atoms with Gasteiger partial charge in [-0.3, -0.25) is 4.90 Å². The molecule has 1 fully saturated rings. The van der Waals surface area contributed by atoms with Crippen LogP contribution in [0.15, 0.2) is 30.3 Å². The van der Waals surface area contributed by atoms with Crippen molar-refractivity contribution >= 4 is 0 Å². The van der Waals surface area contributed by atoms with Crippen molar-refractivity contribution in [3.05, 3.63) is 35.9 Å². The summed E-state index contributed by atoms with van der Waals surface area (Å²) >= 11 is 0. The smallest absolute Gasteiger partial charge is 0.0972 e. The van der Waals surface area contributed by atoms with Crippen LogP contribution in [0.5, 0.6) is 0 Å². The molecule has 1 heterocycles. The molecule has 0 bridgehead atoms. The molecule has 0 amide bonds. The van der Waals surface area contributed by atoms with Crippen LogP contribution in [0.3, 0.4) is 0 Å². The Balaban J connectivity index is 2.11. The molecule has 0 aromatic heterocycles. The van der Waals surface area contributed by atoms with Crippen LogP contribution in [0.1, 0.15) is 11.6 Å². The van der Waals surface area contributed by atoms with Gasteiger partial charge in [0.25, 0.3) is 0 Å². The SMILES string of the molecule is COC1CN(C(CN)c2ccccc2)CC1OC. The van der Waals surface area contributed by atoms with Crippen molar-refractivity contribution in [3.63, 3.8) is 0 Å². The third kappa shape index (κ3) is 2.72. The normalized spacial score (nSPS) is 26.4. The molecular weight excluding hydrogens is 228 g/mol. The standard InChI is InChI=1S/C14H22N2O2/c1-17-13-9-16(10-14(13)18-2)12(8-15)11-6-4-3-5-7-11/h3-7,12-14H,8-10,15H2,1-2H3. The quantitative estimate of drug-likeness (QED) is 0.848. The van der Waals surface area contributed by atoms with E-state index in [9.17, 15) is 0 Å². The molecule has 100 valence electrons. The molecule has 3 atom stereocenters. The lowest BCUT2D eigenvalue weighted by Gasteiger charge is -2.26. The third-order valence-corrected chi connectivity index (χ3v) is 3.70. The number of ether oxygens (including phenoxy) is 2. The molecule has 18 heavy (non-hydrogen) atoms. The van der Waals surface area contributed by atoms with Crippen molar-refractivity contribution in [1.82, 2.24) is 4.90 Å². The van der Waals surface area contributed by atoms with Crippen LogP contribution in [0.2, 0.25) is 0 Å². The monoisotopic (exact) mass is 250 g/mol. The molecular formula is C14H22N2O2. The number of likely N-dealkylation sites (tertiary alicyclic amines) is 1. The van der Waals surface area contributed by atoms with Gasteiger partial charge in [0.05, 0.1) is 12.2 Å². The second kappa shape index (κ2) is 6.29. The minimum atomic E-state index is 0.132. The maximum Gasteiger partial charge on any atom is 0.0972 e. The van der Waals surface area contributed by atoms with E-state index < -0.39 is 0 Å². The lowest BCUT2D eigenvalue weighted by molar-refractivity contribution is -0.00461. The minimum absolute atomic E-state index is 0.132. The minimum Gasteiger partial charge on any atom is -0.377 e. The van der Waals surface area contributed by atoms with Crippen molar-refractivity contribution < 1.29 is 9.47 Å². The number of rotatable bonds is 5. The maximum absolute atomic E-state index is 5.94. The summed E-state index contributed by atoms with van der Waals surface area (Å²) in [5, 5.41) is 0. The van der Waals surface area contributed by atoms with Crippen LogP contribution in [0.4, 0.5) is 0 Å². The fourth-order valence-corrected chi connectivity index (χ4v) is 2.65. The molecule has 4 heteroatoms. The number of hydrogen-bond acceptors (Lipinski definition) is 4. The maximum atomic E-state index is 5.94. The van der Waals surface area contributed by atoms with E-state index in [0.29, 0.717) is 6.54 Å². The molecule has 1 aliphatic rings. The van der Waals surface area contributed by atoms with Crippen LogP contribution < -0.4 is 5.73 Å². The molecule has 0 radical (unpaired) electrons. The zero-order chi connectivity index (χ0) is 13.0. The predicted molar refractivity (Wildman–Crippen MR) is 71.4 cm³/mol. The van der Waals surface area contributed by atoms with Gasteiger partial charge < -0.3 is 15.2 Å². The van der Waals surface area contributed by atoms with Crippen LogP contribution in [-0.4, -0.2) is 51.0 Å². The average Bonchev–Trinajstić information content (AvgIpc) is 2.84. The first-order valence-electron chi connectivity index (χ1n) is 6.34. The summed E-state index contributed by atoms with van der Waals surface area (Å²) in [6.45, 7) is 2.34. The lowest BCUT2D eigenvalue weighted by atomic mass is 10.1. The first-order chi connectivity index (χ1) is 8.80. The summed E-state index contributed by atoms with van der Waals surface area (Å²) in [4.78, 5) is 2.34. The molecule has 0 spiro atoms. The highest BCUT2D eigenvalue weighted by Gasteiger charge is 2.36. The summed E-state index contributed by atoms with van der Waals surface area (Å²) in [7, 11) is 3.47. The number of nitrogens with zero attached hydrogens (tertiary/aromatic N) is 1. The van der Waals surface area contributed by atoms with Crippen molar-refractivity contribution in [3.8, 4) is 0 Å². The van der Waals surface area contributed by atoms with Gasteiger partial charge >= 0.3 is 0 Å². The molecule has 1 saturated heterocycles. The van der Waals surface area contributed by atoms with E-state index in [1.54, 1.807) is 14.2 Å². The zero-order valence-corrected chi connectivity index (χ0v) is 11.1. The van der Waals surface area contributed by atoms with E-state index in [4.69, 9.17) is 15.2 Å². The Kier molecular flexibility index (Phi) is 4.72. The van der Waals surface area contributed by atoms with E-state index in [2.05, 4.69) is 29.2 Å². The third-order valence-electron chi connectivity index (χ3n) is 3.70. The van der Waals surface area contributed by atoms with E-state index in [1.807, 2.05) is 6.07 Å². The topological polar surface area (TPSA) is 47.7 Å². The molecule has 1 aromatic carbocycles. The van der Waals surface area contributed by atoms with E-state index >= 15 is 0 Å². The molecule has 1 aliphatic heterocycles. The van der Waals surface area contributed by atoms with E-state index in [-0.39, 0.29) is 18.2 Å². The zero-order valence-electron chi connectivity index (χ0n) is 11.1. The summed E-state index contributed by atoms with van der Waals surface area (Å²) < 4.78 is 10.9. The molecule has 2 N–H and O–H groups in total. The Hall–Kier alpha value is -0.940. The van der Waals surface area contributed by atoms with Gasteiger partial charge in [-0.15, -0.1) is 0 Å². The predicted octanol–water partition coefficient (Wildman–Crippen LogP) is 1.03. The number of nitrogens with two attached hydrogens (primary N) is 1. The van der Waals surface area contributed by atoms with Gasteiger partial charge in [-0.2, -0.15) is 0 Å². The fraction of sp³-hybridized carbons (Fsp3) is 0.571. The summed E-state index contributed by atoms with van der Waals surface area (Å²) in [6.07, 6.45) is 0.264. The molecule has 4 nitrogen and oxygen atoms in total. The Morgan fingerprint density at radius 2 is 1.72 bits per heavy atom. The summed E-state index contributed by atoms with van der Waals surface area (Å²) in [6, 6.07) is 10.6. The van der Waals surface area contributed by atoms with Gasteiger partial charge in [0.2, 0.25) is 0 Å². The summed E-state index contributed by atoms with van der Waals surface area (Å²) in [5.41, 5.74) is 7.19. The first kappa shape index (κ1) is 13.5. The fourth-order valence-electron chi connectivity index (χ4n) is 2.65. The Labute approximate surface area is 109 Å². The van der Waals surface area contributed by atoms with Crippen molar-refractivity contribution in [2.75, 3.05) is 33.9 Å². The Morgan fingerprint density at radius 1 is 1.17 bits per heavy atom. The number of hydrogen-bond donors (Lipinski definition) is 1. The van der Waals surface area contributed by atoms with Crippen LogP contribution >= 0.6 is 0 Å². The number of benzene rings is 1. The van der Waals surface area contributed by atoms with E-state index in [1.165, 1.54) is 5.56 Å². The van der Waals surface area contributed by atoms with Gasteiger partial charge in [-0.05, 0) is 5.56 Å². The van der Waals surface area contributed by atoms with E-state index in [0.717, 1.165) is 13.1 Å². The molecule has 0 saturated carbocycles. The van der Waals surface area contributed by atoms with Crippen molar-refractivity contribution in [1.29, 1.82) is 0 Å². The van der Waals surface area contributed by atoms with Crippen molar-refractivity contribution in [2.24, 2.45) is 5.73 Å². The largest absolute Gasteiger partial charge is 0.377 e. The molecule has 3 unspecified atom stereocenters. The van der Waals surface area contributed by atoms with Gasteiger partial charge in [-0.25, -0.2) is 0 Å². The Bertz CT molecular complexity index is 346. The number of methoxy groups -OCH3 is 2. The molecule has 1 aromatic rings. The second-order valence-electron chi connectivity index (χ2n) is 4.66. The highest BCUT2D eigenvalue weighted by molar-refractivity contribution is 5.20. The second-order valence-corrected chi connectivity index (χ2v) is 4.66. The summed E-state index contributed by atoms with van der Waals surface area (Å²) in [5.74, 6) is 0. The first-order valence-corrected chi connectivity index (χ1v) is 6.34.